The molecule has 0 aromatic carbocycles. The Hall–Kier alpha value is -0.420. The molecule has 0 fully saturated rings. The lowest BCUT2D eigenvalue weighted by Crippen LogP contribution is -2.38. The van der Waals surface area contributed by atoms with Crippen LogP contribution >= 0.6 is 0 Å². The van der Waals surface area contributed by atoms with Crippen LogP contribution < -0.4 is 10.6 Å². The summed E-state index contributed by atoms with van der Waals surface area (Å²) < 4.78 is 11.0. The van der Waals surface area contributed by atoms with Crippen LogP contribution in [0.4, 0.5) is 0 Å². The summed E-state index contributed by atoms with van der Waals surface area (Å²) in [6, 6.07) is 0. The third-order valence-electron chi connectivity index (χ3n) is 1.99. The summed E-state index contributed by atoms with van der Waals surface area (Å²) in [6.07, 6.45) is 1.67. The number of rotatable bonds is 7. The largest absolute Gasteiger partial charge is 0.355 e. The lowest BCUT2D eigenvalue weighted by Gasteiger charge is -2.11. The van der Waals surface area contributed by atoms with E-state index < -0.39 is 10.8 Å². The zero-order valence-corrected chi connectivity index (χ0v) is 10.8. The Morgan fingerprint density at radius 3 is 2.33 bits per heavy atom. The molecule has 1 amide bonds. The van der Waals surface area contributed by atoms with Gasteiger partial charge >= 0.3 is 0 Å². The van der Waals surface area contributed by atoms with Crippen molar-refractivity contribution in [3.05, 3.63) is 0 Å². The average molecular weight is 234 g/mol. The van der Waals surface area contributed by atoms with E-state index in [4.69, 9.17) is 0 Å². The molecule has 0 saturated carbocycles. The van der Waals surface area contributed by atoms with Crippen molar-refractivity contribution in [2.24, 2.45) is 5.92 Å². The predicted molar refractivity (Wildman–Crippen MR) is 64.2 cm³/mol. The van der Waals surface area contributed by atoms with Crippen molar-refractivity contribution in [1.29, 1.82) is 0 Å². The monoisotopic (exact) mass is 234 g/mol. The molecule has 5 heteroatoms. The summed E-state index contributed by atoms with van der Waals surface area (Å²) in [6.45, 7) is 7.61. The van der Waals surface area contributed by atoms with E-state index in [1.807, 2.05) is 6.92 Å². The van der Waals surface area contributed by atoms with E-state index in [-0.39, 0.29) is 11.2 Å². The first-order valence-electron chi connectivity index (χ1n) is 5.23. The van der Waals surface area contributed by atoms with Crippen molar-refractivity contribution < 1.29 is 9.00 Å². The lowest BCUT2D eigenvalue weighted by molar-refractivity contribution is -0.120. The van der Waals surface area contributed by atoms with Gasteiger partial charge in [0.25, 0.3) is 0 Å². The summed E-state index contributed by atoms with van der Waals surface area (Å²) in [7, 11) is -0.830. The number of carbonyl (C=O) groups excluding carboxylic acids is 1. The molecule has 15 heavy (non-hydrogen) atoms. The van der Waals surface area contributed by atoms with Crippen LogP contribution in [-0.4, -0.2) is 41.3 Å². The van der Waals surface area contributed by atoms with Crippen LogP contribution in [0.3, 0.4) is 0 Å². The maximum atomic E-state index is 11.2. The highest BCUT2D eigenvalue weighted by molar-refractivity contribution is 7.84. The first kappa shape index (κ1) is 14.6. The zero-order chi connectivity index (χ0) is 11.8. The summed E-state index contributed by atoms with van der Waals surface area (Å²) in [5, 5.41) is 5.88. The minimum Gasteiger partial charge on any atom is -0.355 e. The second-order valence-corrected chi connectivity index (χ2v) is 5.94. The smallest absolute Gasteiger partial charge is 0.233 e. The second-order valence-electron chi connectivity index (χ2n) is 4.14. The van der Waals surface area contributed by atoms with E-state index in [1.54, 1.807) is 6.26 Å². The zero-order valence-electron chi connectivity index (χ0n) is 10.0. The number of hydrogen-bond acceptors (Lipinski definition) is 3. The van der Waals surface area contributed by atoms with Gasteiger partial charge in [0, 0.05) is 35.4 Å². The predicted octanol–water partition coefficient (Wildman–Crippen LogP) is 0.115. The van der Waals surface area contributed by atoms with Crippen LogP contribution in [0.15, 0.2) is 0 Å². The molecule has 0 rings (SSSR count). The number of hydrogen-bond donors (Lipinski definition) is 2. The summed E-state index contributed by atoms with van der Waals surface area (Å²) in [5.74, 6) is 0.466. The molecule has 4 nitrogen and oxygen atoms in total. The second kappa shape index (κ2) is 7.82. The van der Waals surface area contributed by atoms with Crippen LogP contribution in [0, 0.1) is 5.92 Å². The van der Waals surface area contributed by atoms with E-state index in [1.165, 1.54) is 0 Å². The van der Waals surface area contributed by atoms with Gasteiger partial charge in [0.15, 0.2) is 0 Å². The summed E-state index contributed by atoms with van der Waals surface area (Å²) >= 11 is 0. The normalized spacial score (nSPS) is 15.0. The maximum Gasteiger partial charge on any atom is 0.233 e. The molecule has 0 spiro atoms. The third kappa shape index (κ3) is 8.57. The van der Waals surface area contributed by atoms with Gasteiger partial charge < -0.3 is 10.6 Å². The van der Waals surface area contributed by atoms with Crippen LogP contribution in [0.2, 0.25) is 0 Å². The molecular weight excluding hydrogens is 212 g/mol. The van der Waals surface area contributed by atoms with Gasteiger partial charge in [-0.1, -0.05) is 13.8 Å². The maximum absolute atomic E-state index is 11.2. The topological polar surface area (TPSA) is 58.2 Å². The van der Waals surface area contributed by atoms with Crippen LogP contribution in [0.1, 0.15) is 20.8 Å². The molecule has 0 saturated heterocycles. The van der Waals surface area contributed by atoms with Crippen LogP contribution in [0.25, 0.3) is 0 Å². The van der Waals surface area contributed by atoms with Crippen molar-refractivity contribution in [3.8, 4) is 0 Å². The van der Waals surface area contributed by atoms with Gasteiger partial charge in [-0.05, 0) is 12.8 Å². The Balaban J connectivity index is 3.51. The van der Waals surface area contributed by atoms with Crippen LogP contribution in [-0.2, 0) is 15.6 Å². The third-order valence-corrected chi connectivity index (χ3v) is 3.29. The van der Waals surface area contributed by atoms with Crippen molar-refractivity contribution >= 4 is 16.7 Å². The fourth-order valence-electron chi connectivity index (χ4n) is 0.887. The minimum atomic E-state index is -0.830. The molecule has 0 aliphatic rings. The van der Waals surface area contributed by atoms with Gasteiger partial charge in [0.2, 0.25) is 5.91 Å². The van der Waals surface area contributed by atoms with Crippen molar-refractivity contribution in [2.45, 2.75) is 26.0 Å². The van der Waals surface area contributed by atoms with Gasteiger partial charge in [-0.3, -0.25) is 9.00 Å². The molecule has 0 aliphatic heterocycles. The quantitative estimate of drug-likeness (QED) is 0.657. The first-order valence-corrected chi connectivity index (χ1v) is 6.85. The van der Waals surface area contributed by atoms with Crippen molar-refractivity contribution in [3.63, 3.8) is 0 Å². The van der Waals surface area contributed by atoms with Gasteiger partial charge in [-0.15, -0.1) is 0 Å². The number of carbonyl (C=O) groups is 1. The van der Waals surface area contributed by atoms with Gasteiger partial charge in [-0.2, -0.15) is 0 Å². The van der Waals surface area contributed by atoms with E-state index in [0.29, 0.717) is 25.6 Å². The first-order chi connectivity index (χ1) is 6.93. The van der Waals surface area contributed by atoms with E-state index >= 15 is 0 Å². The fourth-order valence-corrected chi connectivity index (χ4v) is 1.24. The van der Waals surface area contributed by atoms with Crippen molar-refractivity contribution in [2.75, 3.05) is 25.9 Å². The Morgan fingerprint density at radius 2 is 1.87 bits per heavy atom. The molecule has 0 aromatic rings. The molecule has 0 heterocycles. The van der Waals surface area contributed by atoms with Crippen molar-refractivity contribution in [1.82, 2.24) is 10.6 Å². The Morgan fingerprint density at radius 1 is 1.27 bits per heavy atom. The summed E-state index contributed by atoms with van der Waals surface area (Å²) in [5.41, 5.74) is 0. The Labute approximate surface area is 94.7 Å². The highest BCUT2D eigenvalue weighted by atomic mass is 32.2. The lowest BCUT2D eigenvalue weighted by atomic mass is 10.2. The highest BCUT2D eigenvalue weighted by Crippen LogP contribution is 1.89. The molecule has 2 atom stereocenters. The molecule has 0 radical (unpaired) electrons. The van der Waals surface area contributed by atoms with E-state index in [0.717, 1.165) is 0 Å². The number of amides is 1. The van der Waals surface area contributed by atoms with Gasteiger partial charge in [0.1, 0.15) is 0 Å². The molecule has 0 aromatic heterocycles. The minimum absolute atomic E-state index is 0.00205. The highest BCUT2D eigenvalue weighted by Gasteiger charge is 2.06. The average Bonchev–Trinajstić information content (AvgIpc) is 2.14. The Bertz CT molecular complexity index is 219. The molecular formula is C10H22N2O2S. The van der Waals surface area contributed by atoms with Crippen LogP contribution in [0.5, 0.6) is 0 Å². The number of nitrogens with one attached hydrogen (secondary N) is 2. The standard InChI is InChI=1S/C10H22N2O2S/c1-8(2)5-12-10(13)7-11-6-9(3)15(4)14/h8-9,11H,5-7H2,1-4H3,(H,12,13). The molecule has 2 unspecified atom stereocenters. The van der Waals surface area contributed by atoms with Gasteiger partial charge in [-0.25, -0.2) is 0 Å². The van der Waals surface area contributed by atoms with E-state index in [9.17, 15) is 9.00 Å². The Kier molecular flexibility index (Phi) is 7.60. The van der Waals surface area contributed by atoms with E-state index in [2.05, 4.69) is 24.5 Å². The molecule has 0 aliphatic carbocycles. The fraction of sp³-hybridized carbons (Fsp3) is 0.900. The molecule has 90 valence electrons. The summed E-state index contributed by atoms with van der Waals surface area (Å²) in [4.78, 5) is 11.2. The SMILES string of the molecule is CC(C)CNC(=O)CNCC(C)S(C)=O. The molecule has 2 N–H and O–H groups in total. The molecule has 0 bridgehead atoms. The van der Waals surface area contributed by atoms with Gasteiger partial charge in [0.05, 0.1) is 6.54 Å².